The lowest BCUT2D eigenvalue weighted by Gasteiger charge is -2.10. The van der Waals surface area contributed by atoms with Crippen molar-refractivity contribution < 1.29 is 0 Å². The Kier molecular flexibility index (Phi) is 4.65. The van der Waals surface area contributed by atoms with Crippen molar-refractivity contribution in [1.29, 1.82) is 0 Å². The number of aromatic nitrogens is 2. The third-order valence-corrected chi connectivity index (χ3v) is 1.92. The van der Waals surface area contributed by atoms with Crippen LogP contribution in [-0.2, 0) is 0 Å². The number of rotatable bonds is 4. The molecule has 0 aliphatic heterocycles. The van der Waals surface area contributed by atoms with E-state index in [1.54, 1.807) is 6.08 Å². The van der Waals surface area contributed by atoms with Crippen LogP contribution in [0.1, 0.15) is 11.4 Å². The van der Waals surface area contributed by atoms with E-state index in [9.17, 15) is 0 Å². The Morgan fingerprint density at radius 1 is 1.44 bits per heavy atom. The molecule has 0 radical (unpaired) electrons. The summed E-state index contributed by atoms with van der Waals surface area (Å²) in [6.07, 6.45) is 1.72. The van der Waals surface area contributed by atoms with Crippen molar-refractivity contribution in [2.45, 2.75) is 13.8 Å². The van der Waals surface area contributed by atoms with Crippen molar-refractivity contribution in [2.24, 2.45) is 0 Å². The highest BCUT2D eigenvalue weighted by Gasteiger charge is 1.99. The number of anilines is 1. The summed E-state index contributed by atoms with van der Waals surface area (Å²) in [6.45, 7) is 8.01. The minimum Gasteiger partial charge on any atom is -0.358 e. The van der Waals surface area contributed by atoms with E-state index >= 15 is 0 Å². The summed E-state index contributed by atoms with van der Waals surface area (Å²) in [5.74, 6) is 0.500. The van der Waals surface area contributed by atoms with Crippen LogP contribution in [0.2, 0.25) is 0 Å². The first kappa shape index (κ1) is 12.4. The van der Waals surface area contributed by atoms with Crippen LogP contribution in [0.25, 0.3) is 0 Å². The largest absolute Gasteiger partial charge is 0.358 e. The minimum absolute atomic E-state index is 0.475. The van der Waals surface area contributed by atoms with E-state index < -0.39 is 0 Å². The molecule has 0 aromatic carbocycles. The monoisotopic (exact) mass is 237 g/mol. The highest BCUT2D eigenvalue weighted by atomic mass is 32.1. The number of hydrogen-bond donors (Lipinski definition) is 3. The van der Waals surface area contributed by atoms with Gasteiger partial charge in [0.1, 0.15) is 0 Å². The molecule has 0 bridgehead atoms. The van der Waals surface area contributed by atoms with E-state index in [2.05, 4.69) is 32.7 Å². The van der Waals surface area contributed by atoms with Gasteiger partial charge in [-0.1, -0.05) is 6.08 Å². The highest BCUT2D eigenvalue weighted by Crippen LogP contribution is 2.01. The minimum atomic E-state index is 0.475. The van der Waals surface area contributed by atoms with Crippen molar-refractivity contribution in [3.05, 3.63) is 30.1 Å². The second kappa shape index (κ2) is 6.02. The van der Waals surface area contributed by atoms with E-state index in [0.29, 0.717) is 17.6 Å². The van der Waals surface area contributed by atoms with Gasteiger partial charge in [0.25, 0.3) is 0 Å². The Bertz CT molecular complexity index is 371. The molecule has 0 saturated carbocycles. The first-order valence-corrected chi connectivity index (χ1v) is 5.25. The maximum atomic E-state index is 5.00. The predicted octanol–water partition coefficient (Wildman–Crippen LogP) is 1.07. The SMILES string of the molecule is C=CCNC(=S)NNc1nc(C)cc(C)n1. The average molecular weight is 237 g/mol. The van der Waals surface area contributed by atoms with E-state index in [-0.39, 0.29) is 0 Å². The molecule has 86 valence electrons. The van der Waals surface area contributed by atoms with Crippen molar-refractivity contribution in [3.8, 4) is 0 Å². The lowest BCUT2D eigenvalue weighted by Crippen LogP contribution is -2.39. The Morgan fingerprint density at radius 2 is 2.06 bits per heavy atom. The number of hydrogen-bond acceptors (Lipinski definition) is 4. The van der Waals surface area contributed by atoms with E-state index in [1.807, 2.05) is 19.9 Å². The average Bonchev–Trinajstić information content (AvgIpc) is 2.22. The van der Waals surface area contributed by atoms with Gasteiger partial charge in [-0.15, -0.1) is 6.58 Å². The molecule has 1 aromatic heterocycles. The zero-order chi connectivity index (χ0) is 12.0. The normalized spacial score (nSPS) is 9.38. The molecule has 1 aromatic rings. The van der Waals surface area contributed by atoms with Crippen molar-refractivity contribution in [3.63, 3.8) is 0 Å². The van der Waals surface area contributed by atoms with E-state index in [4.69, 9.17) is 12.2 Å². The molecule has 5 nitrogen and oxygen atoms in total. The molecule has 3 N–H and O–H groups in total. The molecule has 0 unspecified atom stereocenters. The zero-order valence-electron chi connectivity index (χ0n) is 9.37. The molecule has 0 saturated heterocycles. The molecule has 0 aliphatic carbocycles. The molecule has 0 aliphatic rings. The lowest BCUT2D eigenvalue weighted by molar-refractivity contribution is 0.941. The number of nitrogens with zero attached hydrogens (tertiary/aromatic N) is 2. The number of hydrazine groups is 1. The van der Waals surface area contributed by atoms with Crippen LogP contribution in [0.5, 0.6) is 0 Å². The van der Waals surface area contributed by atoms with Gasteiger partial charge in [-0.3, -0.25) is 10.9 Å². The maximum absolute atomic E-state index is 5.00. The van der Waals surface area contributed by atoms with Crippen molar-refractivity contribution in [1.82, 2.24) is 20.7 Å². The Morgan fingerprint density at radius 3 is 2.62 bits per heavy atom. The maximum Gasteiger partial charge on any atom is 0.242 e. The van der Waals surface area contributed by atoms with E-state index in [0.717, 1.165) is 11.4 Å². The van der Waals surface area contributed by atoms with Crippen LogP contribution < -0.4 is 16.2 Å². The lowest BCUT2D eigenvalue weighted by atomic mass is 10.4. The summed E-state index contributed by atoms with van der Waals surface area (Å²) in [5.41, 5.74) is 7.42. The third-order valence-electron chi connectivity index (χ3n) is 1.68. The second-order valence-corrected chi connectivity index (χ2v) is 3.63. The molecule has 1 rings (SSSR count). The second-order valence-electron chi connectivity index (χ2n) is 3.22. The third kappa shape index (κ3) is 4.22. The van der Waals surface area contributed by atoms with Gasteiger partial charge in [-0.25, -0.2) is 9.97 Å². The van der Waals surface area contributed by atoms with Crippen LogP contribution in [0.15, 0.2) is 18.7 Å². The fraction of sp³-hybridized carbons (Fsp3) is 0.300. The van der Waals surface area contributed by atoms with Crippen LogP contribution in [0.4, 0.5) is 5.95 Å². The standard InChI is InChI=1S/C10H15N5S/c1-4-5-11-10(16)15-14-9-12-7(2)6-8(3)13-9/h4,6H,1,5H2,2-3H3,(H2,11,15,16)(H,12,13,14). The van der Waals surface area contributed by atoms with Gasteiger partial charge < -0.3 is 5.32 Å². The first-order valence-electron chi connectivity index (χ1n) is 4.85. The Hall–Kier alpha value is -1.69. The zero-order valence-corrected chi connectivity index (χ0v) is 10.2. The summed E-state index contributed by atoms with van der Waals surface area (Å²) < 4.78 is 0. The van der Waals surface area contributed by atoms with Crippen LogP contribution >= 0.6 is 12.2 Å². The predicted molar refractivity (Wildman–Crippen MR) is 69.1 cm³/mol. The van der Waals surface area contributed by atoms with Gasteiger partial charge in [0.05, 0.1) is 0 Å². The van der Waals surface area contributed by atoms with Gasteiger partial charge in [-0.05, 0) is 32.1 Å². The molecule has 0 atom stereocenters. The summed E-state index contributed by atoms with van der Waals surface area (Å²) >= 11 is 5.00. The highest BCUT2D eigenvalue weighted by molar-refractivity contribution is 7.80. The molecule has 0 amide bonds. The molecule has 0 fully saturated rings. The van der Waals surface area contributed by atoms with Gasteiger partial charge in [0.15, 0.2) is 5.11 Å². The molecular formula is C10H15N5S. The summed E-state index contributed by atoms with van der Waals surface area (Å²) in [6, 6.07) is 1.90. The van der Waals surface area contributed by atoms with Gasteiger partial charge in [0, 0.05) is 17.9 Å². The Balaban J connectivity index is 2.47. The molecule has 0 spiro atoms. The number of nitrogens with one attached hydrogen (secondary N) is 3. The molecule has 6 heteroatoms. The van der Waals surface area contributed by atoms with Crippen LogP contribution in [-0.4, -0.2) is 21.6 Å². The topological polar surface area (TPSA) is 61.9 Å². The molecular weight excluding hydrogens is 222 g/mol. The fourth-order valence-corrected chi connectivity index (χ4v) is 1.24. The summed E-state index contributed by atoms with van der Waals surface area (Å²) in [4.78, 5) is 8.39. The number of thiocarbonyl (C=S) groups is 1. The van der Waals surface area contributed by atoms with Crippen LogP contribution in [0, 0.1) is 13.8 Å². The summed E-state index contributed by atoms with van der Waals surface area (Å²) in [5, 5.41) is 3.39. The van der Waals surface area contributed by atoms with Crippen molar-refractivity contribution in [2.75, 3.05) is 12.0 Å². The fourth-order valence-electron chi connectivity index (χ4n) is 1.10. The Labute approximate surface area is 100 Å². The molecule has 16 heavy (non-hydrogen) atoms. The smallest absolute Gasteiger partial charge is 0.242 e. The van der Waals surface area contributed by atoms with Gasteiger partial charge in [0.2, 0.25) is 5.95 Å². The van der Waals surface area contributed by atoms with Gasteiger partial charge >= 0.3 is 0 Å². The van der Waals surface area contributed by atoms with Crippen molar-refractivity contribution >= 4 is 23.3 Å². The quantitative estimate of drug-likeness (QED) is 0.414. The van der Waals surface area contributed by atoms with Crippen LogP contribution in [0.3, 0.4) is 0 Å². The van der Waals surface area contributed by atoms with Gasteiger partial charge in [-0.2, -0.15) is 0 Å². The molecule has 1 heterocycles. The van der Waals surface area contributed by atoms with E-state index in [1.165, 1.54) is 0 Å². The summed E-state index contributed by atoms with van der Waals surface area (Å²) in [7, 11) is 0. The number of aryl methyl sites for hydroxylation is 2. The first-order chi connectivity index (χ1) is 7.61.